The maximum atomic E-state index is 4.25. The Hall–Kier alpha value is -1.77. The summed E-state index contributed by atoms with van der Waals surface area (Å²) in [4.78, 5) is 7.42. The lowest BCUT2D eigenvalue weighted by molar-refractivity contribution is 1.23. The third-order valence-corrected chi connectivity index (χ3v) is 2.07. The molecule has 3 nitrogen and oxygen atoms in total. The highest BCUT2D eigenvalue weighted by molar-refractivity contribution is 5.92. The van der Waals surface area contributed by atoms with Crippen molar-refractivity contribution in [1.82, 2.24) is 14.4 Å². The molecule has 0 spiro atoms. The highest BCUT2D eigenvalue weighted by atomic mass is 15.0. The molecule has 0 aliphatic rings. The van der Waals surface area contributed by atoms with E-state index in [0.717, 1.165) is 11.2 Å². The number of H-pyrrole nitrogens is 1. The van der Waals surface area contributed by atoms with Gasteiger partial charge in [-0.3, -0.25) is 0 Å². The predicted molar refractivity (Wildman–Crippen MR) is 47.0 cm³/mol. The van der Waals surface area contributed by atoms with Crippen molar-refractivity contribution in [3.63, 3.8) is 0 Å². The molecule has 3 aromatic heterocycles. The highest BCUT2D eigenvalue weighted by Crippen LogP contribution is 2.17. The van der Waals surface area contributed by atoms with Crippen LogP contribution < -0.4 is 0 Å². The van der Waals surface area contributed by atoms with Gasteiger partial charge >= 0.3 is 0 Å². The number of pyridine rings is 1. The molecule has 0 bridgehead atoms. The van der Waals surface area contributed by atoms with Gasteiger partial charge in [0, 0.05) is 30.2 Å². The minimum absolute atomic E-state index is 1.02. The Morgan fingerprint density at radius 3 is 3.42 bits per heavy atom. The topological polar surface area (TPSA) is 33.1 Å². The van der Waals surface area contributed by atoms with E-state index in [0.29, 0.717) is 0 Å². The maximum absolute atomic E-state index is 4.25. The number of aromatic amines is 1. The molecule has 0 atom stereocenters. The van der Waals surface area contributed by atoms with Gasteiger partial charge in [-0.25, -0.2) is 4.98 Å². The Bertz CT molecular complexity index is 532. The number of hydrogen-bond acceptors (Lipinski definition) is 1. The number of nitrogens with one attached hydrogen (secondary N) is 1. The van der Waals surface area contributed by atoms with Gasteiger partial charge in [0.15, 0.2) is 0 Å². The first-order chi connectivity index (χ1) is 5.95. The molecule has 12 heavy (non-hydrogen) atoms. The van der Waals surface area contributed by atoms with Gasteiger partial charge in [0.25, 0.3) is 0 Å². The lowest BCUT2D eigenvalue weighted by Crippen LogP contribution is -1.70. The molecule has 3 heteroatoms. The van der Waals surface area contributed by atoms with E-state index in [1.54, 1.807) is 0 Å². The number of nitrogens with zero attached hydrogens (tertiary/aromatic N) is 2. The van der Waals surface area contributed by atoms with Crippen LogP contribution in [-0.4, -0.2) is 14.4 Å². The van der Waals surface area contributed by atoms with Crippen LogP contribution in [0.4, 0.5) is 0 Å². The number of fused-ring (bicyclic) bond motifs is 3. The quantitative estimate of drug-likeness (QED) is 0.530. The van der Waals surface area contributed by atoms with Crippen LogP contribution in [0, 0.1) is 0 Å². The number of aromatic nitrogens is 3. The predicted octanol–water partition coefficient (Wildman–Crippen LogP) is 1.82. The molecule has 0 fully saturated rings. The molecular weight excluding hydrogens is 150 g/mol. The summed E-state index contributed by atoms with van der Waals surface area (Å²) in [6.45, 7) is 0. The van der Waals surface area contributed by atoms with E-state index in [1.807, 2.05) is 35.3 Å². The summed E-state index contributed by atoms with van der Waals surface area (Å²) >= 11 is 0. The van der Waals surface area contributed by atoms with Crippen LogP contribution in [-0.2, 0) is 0 Å². The van der Waals surface area contributed by atoms with E-state index in [-0.39, 0.29) is 0 Å². The van der Waals surface area contributed by atoms with Gasteiger partial charge in [-0.05, 0) is 12.1 Å². The lowest BCUT2D eigenvalue weighted by Gasteiger charge is -1.85. The largest absolute Gasteiger partial charge is 0.360 e. The average Bonchev–Trinajstić information content (AvgIpc) is 2.62. The van der Waals surface area contributed by atoms with Gasteiger partial charge in [0.2, 0.25) is 0 Å². The highest BCUT2D eigenvalue weighted by Gasteiger charge is 2.01. The van der Waals surface area contributed by atoms with Crippen molar-refractivity contribution in [3.8, 4) is 0 Å². The van der Waals surface area contributed by atoms with Crippen LogP contribution in [0.2, 0.25) is 0 Å². The van der Waals surface area contributed by atoms with Gasteiger partial charge in [-0.1, -0.05) is 0 Å². The fourth-order valence-electron chi connectivity index (χ4n) is 1.52. The zero-order valence-corrected chi connectivity index (χ0v) is 6.36. The molecule has 0 saturated carbocycles. The molecule has 3 heterocycles. The third-order valence-electron chi connectivity index (χ3n) is 2.07. The minimum atomic E-state index is 1.02. The van der Waals surface area contributed by atoms with Gasteiger partial charge in [0.1, 0.15) is 5.65 Å². The van der Waals surface area contributed by atoms with Gasteiger partial charge < -0.3 is 9.38 Å². The summed E-state index contributed by atoms with van der Waals surface area (Å²) in [6, 6.07) is 4.05. The van der Waals surface area contributed by atoms with Gasteiger partial charge in [0.05, 0.1) is 5.52 Å². The number of hydrogen-bond donors (Lipinski definition) is 1. The monoisotopic (exact) mass is 157 g/mol. The van der Waals surface area contributed by atoms with Crippen molar-refractivity contribution < 1.29 is 0 Å². The fourth-order valence-corrected chi connectivity index (χ4v) is 1.52. The minimum Gasteiger partial charge on any atom is -0.360 e. The molecular formula is C9H7N3. The summed E-state index contributed by atoms with van der Waals surface area (Å²) < 4.78 is 2.02. The van der Waals surface area contributed by atoms with Crippen LogP contribution in [0.25, 0.3) is 16.6 Å². The van der Waals surface area contributed by atoms with E-state index in [4.69, 9.17) is 0 Å². The Morgan fingerprint density at radius 2 is 2.42 bits per heavy atom. The normalized spacial score (nSPS) is 11.3. The SMILES string of the molecule is c1c[nH]c2cn3ccnc3c2c1. The van der Waals surface area contributed by atoms with E-state index >= 15 is 0 Å². The summed E-state index contributed by atoms with van der Waals surface area (Å²) in [6.07, 6.45) is 7.71. The number of rotatable bonds is 0. The molecule has 0 radical (unpaired) electrons. The van der Waals surface area contributed by atoms with Crippen molar-refractivity contribution >= 4 is 16.6 Å². The summed E-state index contributed by atoms with van der Waals surface area (Å²) in [5.74, 6) is 0. The Morgan fingerprint density at radius 1 is 1.42 bits per heavy atom. The summed E-state index contributed by atoms with van der Waals surface area (Å²) in [5.41, 5.74) is 2.14. The summed E-state index contributed by atoms with van der Waals surface area (Å²) in [7, 11) is 0. The second kappa shape index (κ2) is 1.88. The first kappa shape index (κ1) is 5.83. The van der Waals surface area contributed by atoms with Crippen molar-refractivity contribution in [2.45, 2.75) is 0 Å². The molecule has 0 aliphatic carbocycles. The van der Waals surface area contributed by atoms with E-state index < -0.39 is 0 Å². The molecule has 0 aliphatic heterocycles. The molecule has 0 amide bonds. The molecule has 0 unspecified atom stereocenters. The van der Waals surface area contributed by atoms with Crippen LogP contribution in [0.1, 0.15) is 0 Å². The second-order valence-corrected chi connectivity index (χ2v) is 2.78. The first-order valence-electron chi connectivity index (χ1n) is 3.84. The Balaban J connectivity index is 2.68. The smallest absolute Gasteiger partial charge is 0.146 e. The molecule has 3 rings (SSSR count). The zero-order chi connectivity index (χ0) is 7.97. The van der Waals surface area contributed by atoms with Crippen molar-refractivity contribution in [1.29, 1.82) is 0 Å². The third kappa shape index (κ3) is 0.580. The van der Waals surface area contributed by atoms with E-state index in [9.17, 15) is 0 Å². The Labute approximate surface area is 68.7 Å². The van der Waals surface area contributed by atoms with Crippen LogP contribution in [0.3, 0.4) is 0 Å². The van der Waals surface area contributed by atoms with Crippen molar-refractivity contribution in [2.24, 2.45) is 0 Å². The lowest BCUT2D eigenvalue weighted by atomic mass is 10.3. The van der Waals surface area contributed by atoms with Crippen molar-refractivity contribution in [2.75, 3.05) is 0 Å². The van der Waals surface area contributed by atoms with Crippen LogP contribution >= 0.6 is 0 Å². The molecule has 58 valence electrons. The summed E-state index contributed by atoms with van der Waals surface area (Å²) in [5, 5.41) is 1.17. The standard InChI is InChI=1S/C9H7N3/c1-2-7-8(10-3-1)6-12-5-4-11-9(7)12/h1-6,10H. The van der Waals surface area contributed by atoms with Crippen LogP contribution in [0.15, 0.2) is 36.9 Å². The molecule has 0 saturated heterocycles. The van der Waals surface area contributed by atoms with Gasteiger partial charge in [-0.2, -0.15) is 0 Å². The van der Waals surface area contributed by atoms with Crippen LogP contribution in [0.5, 0.6) is 0 Å². The Kier molecular flexibility index (Phi) is 0.913. The van der Waals surface area contributed by atoms with E-state index in [1.165, 1.54) is 5.39 Å². The maximum Gasteiger partial charge on any atom is 0.146 e. The fraction of sp³-hybridized carbons (Fsp3) is 0. The zero-order valence-electron chi connectivity index (χ0n) is 6.36. The van der Waals surface area contributed by atoms with Crippen molar-refractivity contribution in [3.05, 3.63) is 36.9 Å². The number of imidazole rings is 1. The second-order valence-electron chi connectivity index (χ2n) is 2.78. The van der Waals surface area contributed by atoms with Gasteiger partial charge in [-0.15, -0.1) is 0 Å². The molecule has 3 aromatic rings. The average molecular weight is 157 g/mol. The molecule has 0 aromatic carbocycles. The molecule has 1 N–H and O–H groups in total. The first-order valence-corrected chi connectivity index (χ1v) is 3.84. The van der Waals surface area contributed by atoms with E-state index in [2.05, 4.69) is 16.0 Å².